The fourth-order valence-corrected chi connectivity index (χ4v) is 3.66. The Morgan fingerprint density at radius 3 is 2.41 bits per heavy atom. The number of esters is 1. The lowest BCUT2D eigenvalue weighted by atomic mass is 9.99. The van der Waals surface area contributed by atoms with Crippen molar-refractivity contribution in [1.82, 2.24) is 0 Å². The number of oxime groups is 2. The number of carbonyl (C=O) groups excluding carboxylic acids is 1. The molecule has 2 aromatic carbocycles. The number of alkyl halides is 3. The van der Waals surface area contributed by atoms with E-state index >= 15 is 0 Å². The number of carbonyl (C=O) groups is 1. The van der Waals surface area contributed by atoms with Gasteiger partial charge in [-0.2, -0.15) is 13.2 Å². The van der Waals surface area contributed by atoms with Crippen molar-refractivity contribution >= 4 is 17.4 Å². The van der Waals surface area contributed by atoms with Crippen LogP contribution in [0.15, 0.2) is 58.8 Å². The fraction of sp³-hybridized carbons (Fsp3) is 0.400. The van der Waals surface area contributed by atoms with Gasteiger partial charge in [0.15, 0.2) is 5.71 Å². The third-order valence-electron chi connectivity index (χ3n) is 5.75. The van der Waals surface area contributed by atoms with Crippen molar-refractivity contribution < 1.29 is 57.5 Å². The largest absolute Gasteiger partial charge is 0.428 e. The number of hydrogen-bond donors (Lipinski definition) is 4. The molecule has 0 unspecified atom stereocenters. The Kier molecular flexibility index (Phi) is 9.99. The molecule has 4 N–H and O–H groups in total. The fourth-order valence-electron chi connectivity index (χ4n) is 3.66. The molecule has 0 saturated carbocycles. The minimum absolute atomic E-state index is 0.167. The van der Waals surface area contributed by atoms with E-state index in [1.165, 1.54) is 32.2 Å². The van der Waals surface area contributed by atoms with Crippen molar-refractivity contribution in [3.05, 3.63) is 70.8 Å². The number of aliphatic hydroxyl groups is 4. The van der Waals surface area contributed by atoms with Crippen LogP contribution in [-0.4, -0.2) is 82.2 Å². The maximum atomic E-state index is 13.0. The number of benzene rings is 2. The molecular weight excluding hydrogens is 529 g/mol. The van der Waals surface area contributed by atoms with Gasteiger partial charge in [0.25, 0.3) is 0 Å². The van der Waals surface area contributed by atoms with E-state index in [1.54, 1.807) is 18.2 Å². The molecule has 0 bridgehead atoms. The summed E-state index contributed by atoms with van der Waals surface area (Å²) in [4.78, 5) is 23.1. The van der Waals surface area contributed by atoms with Gasteiger partial charge >= 0.3 is 12.1 Å². The van der Waals surface area contributed by atoms with Crippen LogP contribution >= 0.6 is 0 Å². The summed E-state index contributed by atoms with van der Waals surface area (Å²) < 4.78 is 49.4. The molecule has 1 saturated heterocycles. The van der Waals surface area contributed by atoms with Crippen molar-refractivity contribution in [3.8, 4) is 0 Å². The van der Waals surface area contributed by atoms with E-state index in [-0.39, 0.29) is 29.2 Å². The van der Waals surface area contributed by atoms with Crippen LogP contribution in [0, 0.1) is 0 Å². The maximum absolute atomic E-state index is 13.0. The molecule has 5 atom stereocenters. The molecule has 3 rings (SSSR count). The van der Waals surface area contributed by atoms with Gasteiger partial charge < -0.3 is 39.6 Å². The lowest BCUT2D eigenvalue weighted by Gasteiger charge is -2.39. The van der Waals surface area contributed by atoms with Crippen molar-refractivity contribution in [1.29, 1.82) is 0 Å². The van der Waals surface area contributed by atoms with Crippen LogP contribution in [0.2, 0.25) is 0 Å². The second kappa shape index (κ2) is 13.0. The Morgan fingerprint density at radius 1 is 1.03 bits per heavy atom. The monoisotopic (exact) mass is 556 g/mol. The molecule has 1 heterocycles. The summed E-state index contributed by atoms with van der Waals surface area (Å²) in [5.74, 6) is -1.14. The SMILES string of the molecule is CO/N=C(/C(=O)O[C@@H]1O[C@H](CO)[C@@H](O)[C@H](O)[C@H]1O)c1ccccc1CO/N=C(\C)c1cccc(C(F)(F)F)c1. The topological polar surface area (TPSA) is 160 Å². The molecule has 212 valence electrons. The average Bonchev–Trinajstić information content (AvgIpc) is 2.91. The smallest absolute Gasteiger partial charge is 0.416 e. The maximum Gasteiger partial charge on any atom is 0.416 e. The minimum Gasteiger partial charge on any atom is -0.428 e. The summed E-state index contributed by atoms with van der Waals surface area (Å²) in [6.07, 6.45) is -12.8. The highest BCUT2D eigenvalue weighted by atomic mass is 19.4. The molecule has 11 nitrogen and oxygen atoms in total. The van der Waals surface area contributed by atoms with E-state index in [2.05, 4.69) is 10.3 Å². The molecule has 0 aromatic heterocycles. The van der Waals surface area contributed by atoms with Crippen LogP contribution in [0.25, 0.3) is 0 Å². The zero-order valence-corrected chi connectivity index (χ0v) is 20.8. The number of aliphatic hydroxyl groups excluding tert-OH is 4. The Labute approximate surface area is 220 Å². The first-order valence-corrected chi connectivity index (χ1v) is 11.5. The zero-order valence-electron chi connectivity index (χ0n) is 20.8. The first-order valence-electron chi connectivity index (χ1n) is 11.5. The molecule has 0 radical (unpaired) electrons. The van der Waals surface area contributed by atoms with Gasteiger partial charge in [0.1, 0.15) is 38.1 Å². The summed E-state index contributed by atoms with van der Waals surface area (Å²) in [5, 5.41) is 46.9. The predicted octanol–water partition coefficient (Wildman–Crippen LogP) is 1.34. The van der Waals surface area contributed by atoms with Gasteiger partial charge in [-0.1, -0.05) is 46.7 Å². The van der Waals surface area contributed by atoms with Gasteiger partial charge in [0, 0.05) is 11.1 Å². The molecule has 39 heavy (non-hydrogen) atoms. The normalized spacial score (nSPS) is 24.3. The molecule has 0 amide bonds. The quantitative estimate of drug-likeness (QED) is 0.203. The number of hydrogen-bond acceptors (Lipinski definition) is 11. The molecule has 14 heteroatoms. The van der Waals surface area contributed by atoms with E-state index in [1.807, 2.05) is 0 Å². The Balaban J connectivity index is 1.77. The van der Waals surface area contributed by atoms with Crippen molar-refractivity contribution in [2.75, 3.05) is 13.7 Å². The highest BCUT2D eigenvalue weighted by molar-refractivity contribution is 6.43. The number of rotatable bonds is 9. The summed E-state index contributed by atoms with van der Waals surface area (Å²) in [7, 11) is 1.17. The second-order valence-corrected chi connectivity index (χ2v) is 8.41. The summed E-state index contributed by atoms with van der Waals surface area (Å²) in [5.41, 5.74) is -0.319. The number of ether oxygens (including phenoxy) is 2. The van der Waals surface area contributed by atoms with Crippen molar-refractivity contribution in [2.45, 2.75) is 50.4 Å². The summed E-state index contributed by atoms with van der Waals surface area (Å²) in [6.45, 7) is 0.512. The van der Waals surface area contributed by atoms with Crippen LogP contribution in [0.5, 0.6) is 0 Å². The Hall–Kier alpha value is -3.56. The highest BCUT2D eigenvalue weighted by Gasteiger charge is 2.45. The third-order valence-corrected chi connectivity index (χ3v) is 5.75. The van der Waals surface area contributed by atoms with E-state index in [9.17, 15) is 38.4 Å². The van der Waals surface area contributed by atoms with Gasteiger partial charge in [-0.15, -0.1) is 0 Å². The van der Waals surface area contributed by atoms with E-state index in [0.717, 1.165) is 12.1 Å². The van der Waals surface area contributed by atoms with Gasteiger partial charge in [0.2, 0.25) is 6.29 Å². The minimum atomic E-state index is -4.52. The van der Waals surface area contributed by atoms with E-state index in [0.29, 0.717) is 5.56 Å². The molecule has 0 aliphatic carbocycles. The average molecular weight is 556 g/mol. The van der Waals surface area contributed by atoms with Crippen LogP contribution in [-0.2, 0) is 36.7 Å². The van der Waals surface area contributed by atoms with Gasteiger partial charge in [-0.05, 0) is 24.6 Å². The van der Waals surface area contributed by atoms with Gasteiger partial charge in [-0.3, -0.25) is 0 Å². The van der Waals surface area contributed by atoms with Crippen molar-refractivity contribution in [3.63, 3.8) is 0 Å². The third kappa shape index (κ3) is 7.30. The van der Waals surface area contributed by atoms with Crippen LogP contribution in [0.3, 0.4) is 0 Å². The molecule has 2 aromatic rings. The Bertz CT molecular complexity index is 1200. The summed E-state index contributed by atoms with van der Waals surface area (Å²) >= 11 is 0. The standard InChI is InChI=1S/C25H27F3N2O9/c1-13(14-7-5-8-16(10-14)25(26,27)28)29-37-12-15-6-3-4-9-17(15)19(30-36-2)23(35)39-24-22(34)21(33)20(32)18(11-31)38-24/h3-10,18,20-22,24,31-34H,11-12H2,1-2H3/b29-13+,30-19+/t18-,20-,21+,22-,24+/m1/s1. The van der Waals surface area contributed by atoms with E-state index in [4.69, 9.17) is 19.1 Å². The number of halogens is 3. The van der Waals surface area contributed by atoms with E-state index < -0.39 is 55.0 Å². The number of nitrogens with zero attached hydrogens (tertiary/aromatic N) is 2. The van der Waals surface area contributed by atoms with Gasteiger partial charge in [-0.25, -0.2) is 4.79 Å². The zero-order chi connectivity index (χ0) is 28.7. The Morgan fingerprint density at radius 2 is 1.74 bits per heavy atom. The predicted molar refractivity (Wildman–Crippen MR) is 128 cm³/mol. The lowest BCUT2D eigenvalue weighted by Crippen LogP contribution is -2.59. The van der Waals surface area contributed by atoms with Crippen LogP contribution in [0.4, 0.5) is 13.2 Å². The summed E-state index contributed by atoms with van der Waals surface area (Å²) in [6, 6.07) is 10.8. The van der Waals surface area contributed by atoms with Crippen LogP contribution < -0.4 is 0 Å². The first kappa shape index (κ1) is 30.0. The molecule has 1 aliphatic rings. The van der Waals surface area contributed by atoms with Crippen LogP contribution in [0.1, 0.15) is 29.2 Å². The lowest BCUT2D eigenvalue weighted by molar-refractivity contribution is -0.290. The highest BCUT2D eigenvalue weighted by Crippen LogP contribution is 2.29. The molecule has 1 fully saturated rings. The van der Waals surface area contributed by atoms with Crippen molar-refractivity contribution in [2.24, 2.45) is 10.3 Å². The molecular formula is C25H27F3N2O9. The molecule has 0 spiro atoms. The van der Waals surface area contributed by atoms with Gasteiger partial charge in [0.05, 0.1) is 17.9 Å². The molecule has 1 aliphatic heterocycles. The second-order valence-electron chi connectivity index (χ2n) is 8.41. The first-order chi connectivity index (χ1) is 18.5.